The molecule has 4 bridgehead atoms. The molecule has 4 saturated carbocycles. The summed E-state index contributed by atoms with van der Waals surface area (Å²) in [6.07, 6.45) is 9.54. The molecule has 0 aromatic carbocycles. The highest BCUT2D eigenvalue weighted by Gasteiger charge is 2.55. The van der Waals surface area contributed by atoms with Crippen molar-refractivity contribution in [1.29, 1.82) is 0 Å². The monoisotopic (exact) mass is 487 g/mol. The summed E-state index contributed by atoms with van der Waals surface area (Å²) in [6, 6.07) is 0.0707. The third kappa shape index (κ3) is 5.56. The van der Waals surface area contributed by atoms with Gasteiger partial charge in [0, 0.05) is 25.3 Å². The second-order valence-corrected chi connectivity index (χ2v) is 11.8. The number of nitrogens with one attached hydrogen (secondary N) is 2. The van der Waals surface area contributed by atoms with E-state index in [1.807, 2.05) is 13.8 Å². The third-order valence-corrected chi connectivity index (χ3v) is 7.73. The lowest BCUT2D eigenvalue weighted by molar-refractivity contribution is -0.137. The summed E-state index contributed by atoms with van der Waals surface area (Å²) in [7, 11) is 0. The highest BCUT2D eigenvalue weighted by atomic mass is 16.5. The molecule has 1 heterocycles. The maximum absolute atomic E-state index is 13.4. The van der Waals surface area contributed by atoms with Crippen molar-refractivity contribution < 1.29 is 19.4 Å². The molecule has 0 aliphatic heterocycles. The van der Waals surface area contributed by atoms with E-state index in [0.717, 1.165) is 32.1 Å². The van der Waals surface area contributed by atoms with E-state index in [1.54, 1.807) is 26.1 Å². The van der Waals surface area contributed by atoms with Gasteiger partial charge in [-0.05, 0) is 69.6 Å². The maximum atomic E-state index is 13.4. The van der Waals surface area contributed by atoms with Gasteiger partial charge in [-0.3, -0.25) is 9.59 Å². The number of nitrogens with zero attached hydrogens (tertiary/aromatic N) is 2. The summed E-state index contributed by atoms with van der Waals surface area (Å²) >= 11 is 0. The van der Waals surface area contributed by atoms with E-state index < -0.39 is 11.0 Å². The van der Waals surface area contributed by atoms with Gasteiger partial charge in [-0.2, -0.15) is 5.10 Å². The number of hydrogen-bond acceptors (Lipinski definition) is 6. The van der Waals surface area contributed by atoms with Crippen LogP contribution in [0.25, 0.3) is 6.20 Å². The topological polar surface area (TPSA) is 132 Å². The highest BCUT2D eigenvalue weighted by Crippen LogP contribution is 2.55. The number of nitrogens with two attached hydrogens (primary N) is 1. The van der Waals surface area contributed by atoms with Crippen molar-refractivity contribution in [3.8, 4) is 5.88 Å². The van der Waals surface area contributed by atoms with Gasteiger partial charge in [0.25, 0.3) is 5.91 Å². The second-order valence-electron chi connectivity index (χ2n) is 11.8. The Labute approximate surface area is 207 Å². The molecule has 1 aromatic rings. The molecule has 2 unspecified atom stereocenters. The van der Waals surface area contributed by atoms with Gasteiger partial charge >= 0.3 is 0 Å². The minimum atomic E-state index is -0.792. The molecular weight excluding hydrogens is 446 g/mol. The lowest BCUT2D eigenvalue weighted by Gasteiger charge is -2.58. The first-order valence-corrected chi connectivity index (χ1v) is 12.9. The summed E-state index contributed by atoms with van der Waals surface area (Å²) in [5.41, 5.74) is 4.54. The van der Waals surface area contributed by atoms with Crippen LogP contribution in [0.2, 0.25) is 0 Å². The van der Waals surface area contributed by atoms with Crippen LogP contribution in [0, 0.1) is 29.1 Å². The lowest BCUT2D eigenvalue weighted by atomic mass is 9.52. The quantitative estimate of drug-likeness (QED) is 0.400. The molecule has 9 nitrogen and oxygen atoms in total. The Morgan fingerprint density at radius 1 is 1.31 bits per heavy atom. The Morgan fingerprint density at radius 3 is 2.60 bits per heavy atom. The minimum Gasteiger partial charge on any atom is -0.477 e. The first-order valence-electron chi connectivity index (χ1n) is 12.9. The Bertz CT molecular complexity index is 953. The summed E-state index contributed by atoms with van der Waals surface area (Å²) < 4.78 is 7.56. The Balaban J connectivity index is 1.51. The smallest absolute Gasteiger partial charge is 0.258 e. The standard InChI is InChI=1S/C26H41N5O4/c1-16(2)15-35-23-20(14-29-31(23)8-5-25(3,4)24(33)28-7-6-27)22(32)30-21-18-9-17-10-19(21)13-26(34,11-17)12-18/h5,8,14,16-19,21,34H,6-7,9-13,15,27H2,1-4H3,(H,28,33)(H,30,32)/b8-5+. The molecule has 1 aromatic heterocycles. The number of carbonyl (C=O) groups is 2. The number of ether oxygens (including phenoxy) is 1. The molecule has 4 aliphatic carbocycles. The van der Waals surface area contributed by atoms with Gasteiger partial charge in [0.1, 0.15) is 5.56 Å². The zero-order valence-electron chi connectivity index (χ0n) is 21.4. The molecule has 0 spiro atoms. The summed E-state index contributed by atoms with van der Waals surface area (Å²) in [4.78, 5) is 25.9. The molecule has 5 N–H and O–H groups in total. The Morgan fingerprint density at radius 2 is 2.00 bits per heavy atom. The zero-order chi connectivity index (χ0) is 25.4. The largest absolute Gasteiger partial charge is 0.477 e. The van der Waals surface area contributed by atoms with E-state index >= 15 is 0 Å². The number of amides is 2. The number of aromatic nitrogens is 2. The fraction of sp³-hybridized carbons (Fsp3) is 0.731. The SMILES string of the molecule is CC(C)COc1c(C(=O)NC2C3CC4CC2CC(O)(C4)C3)cnn1/C=C/C(C)(C)C(=O)NCCN. The van der Waals surface area contributed by atoms with Crippen molar-refractivity contribution in [3.05, 3.63) is 17.8 Å². The van der Waals surface area contributed by atoms with Crippen molar-refractivity contribution in [3.63, 3.8) is 0 Å². The van der Waals surface area contributed by atoms with E-state index in [0.29, 0.717) is 48.9 Å². The molecule has 2 amide bonds. The summed E-state index contributed by atoms with van der Waals surface area (Å²) in [6.45, 7) is 8.92. The average Bonchev–Trinajstić information content (AvgIpc) is 3.18. The van der Waals surface area contributed by atoms with Crippen molar-refractivity contribution >= 4 is 18.0 Å². The van der Waals surface area contributed by atoms with Crippen LogP contribution in [0.15, 0.2) is 12.3 Å². The van der Waals surface area contributed by atoms with Crippen LogP contribution in [0.4, 0.5) is 0 Å². The highest BCUT2D eigenvalue weighted by molar-refractivity contribution is 5.96. The van der Waals surface area contributed by atoms with Crippen molar-refractivity contribution in [1.82, 2.24) is 20.4 Å². The summed E-state index contributed by atoms with van der Waals surface area (Å²) in [5.74, 6) is 1.50. The molecule has 4 fully saturated rings. The number of carbonyl (C=O) groups excluding carboxylic acids is 2. The molecule has 4 aliphatic rings. The predicted octanol–water partition coefficient (Wildman–Crippen LogP) is 2.16. The van der Waals surface area contributed by atoms with E-state index in [-0.39, 0.29) is 23.8 Å². The van der Waals surface area contributed by atoms with Crippen molar-refractivity contribution in [2.45, 2.75) is 71.4 Å². The molecule has 0 saturated heterocycles. The number of aliphatic hydroxyl groups is 1. The number of hydrogen-bond donors (Lipinski definition) is 4. The molecule has 9 heteroatoms. The van der Waals surface area contributed by atoms with Gasteiger partial charge in [0.15, 0.2) is 0 Å². The van der Waals surface area contributed by atoms with E-state index in [4.69, 9.17) is 10.5 Å². The van der Waals surface area contributed by atoms with Crippen LogP contribution < -0.4 is 21.1 Å². The second kappa shape index (κ2) is 9.93. The van der Waals surface area contributed by atoms with Crippen molar-refractivity contribution in [2.75, 3.05) is 19.7 Å². The van der Waals surface area contributed by atoms with Gasteiger partial charge in [0.2, 0.25) is 11.8 Å². The van der Waals surface area contributed by atoms with Crippen LogP contribution in [0.3, 0.4) is 0 Å². The minimum absolute atomic E-state index is 0.0707. The van der Waals surface area contributed by atoms with E-state index in [1.165, 1.54) is 10.9 Å². The third-order valence-electron chi connectivity index (χ3n) is 7.73. The molecule has 35 heavy (non-hydrogen) atoms. The number of rotatable bonds is 10. The predicted molar refractivity (Wildman–Crippen MR) is 133 cm³/mol. The van der Waals surface area contributed by atoms with Crippen LogP contribution in [-0.4, -0.2) is 58.0 Å². The van der Waals surface area contributed by atoms with Gasteiger partial charge < -0.3 is 26.2 Å². The normalized spacial score (nSPS) is 29.7. The fourth-order valence-electron chi connectivity index (χ4n) is 6.19. The van der Waals surface area contributed by atoms with Gasteiger partial charge in [-0.1, -0.05) is 19.9 Å². The van der Waals surface area contributed by atoms with Crippen LogP contribution in [0.5, 0.6) is 5.88 Å². The van der Waals surface area contributed by atoms with E-state index in [9.17, 15) is 14.7 Å². The molecule has 2 atom stereocenters. The van der Waals surface area contributed by atoms with Crippen LogP contribution in [-0.2, 0) is 4.79 Å². The van der Waals surface area contributed by atoms with Crippen LogP contribution >= 0.6 is 0 Å². The Hall–Kier alpha value is -2.39. The van der Waals surface area contributed by atoms with Gasteiger partial charge in [-0.25, -0.2) is 4.68 Å². The first kappa shape index (κ1) is 25.7. The van der Waals surface area contributed by atoms with Gasteiger partial charge in [-0.15, -0.1) is 0 Å². The van der Waals surface area contributed by atoms with E-state index in [2.05, 4.69) is 15.7 Å². The maximum Gasteiger partial charge on any atom is 0.258 e. The molecule has 5 rings (SSSR count). The lowest BCUT2D eigenvalue weighted by Crippen LogP contribution is -2.61. The molecular formula is C26H41N5O4. The van der Waals surface area contributed by atoms with Crippen molar-refractivity contribution in [2.24, 2.45) is 34.8 Å². The van der Waals surface area contributed by atoms with Gasteiger partial charge in [0.05, 0.1) is 23.8 Å². The first-order chi connectivity index (χ1) is 16.5. The van der Waals surface area contributed by atoms with Crippen LogP contribution in [0.1, 0.15) is 70.2 Å². The fourth-order valence-corrected chi connectivity index (χ4v) is 6.19. The molecule has 194 valence electrons. The molecule has 0 radical (unpaired) electrons. The summed E-state index contributed by atoms with van der Waals surface area (Å²) in [5, 5.41) is 21.3. The Kier molecular flexibility index (Phi) is 7.29. The zero-order valence-corrected chi connectivity index (χ0v) is 21.4. The average molecular weight is 488 g/mol.